The molecule has 1 heterocycles. The van der Waals surface area contributed by atoms with Crippen LogP contribution in [0, 0.1) is 19.8 Å². The lowest BCUT2D eigenvalue weighted by Gasteiger charge is -2.14. The van der Waals surface area contributed by atoms with E-state index in [-0.39, 0.29) is 11.9 Å². The highest BCUT2D eigenvalue weighted by atomic mass is 79.9. The van der Waals surface area contributed by atoms with Crippen LogP contribution in [-0.2, 0) is 24.2 Å². The van der Waals surface area contributed by atoms with Crippen molar-refractivity contribution >= 4 is 21.8 Å². The van der Waals surface area contributed by atoms with Gasteiger partial charge in [-0.3, -0.25) is 9.48 Å². The van der Waals surface area contributed by atoms with E-state index in [1.54, 1.807) is 0 Å². The summed E-state index contributed by atoms with van der Waals surface area (Å²) in [5.74, 6) is 0.608. The topological polar surface area (TPSA) is 46.9 Å². The van der Waals surface area contributed by atoms with Crippen molar-refractivity contribution < 1.29 is 4.79 Å². The lowest BCUT2D eigenvalue weighted by molar-refractivity contribution is -0.121. The molecule has 0 aliphatic heterocycles. The second kappa shape index (κ2) is 9.36. The Labute approximate surface area is 165 Å². The second-order valence-corrected chi connectivity index (χ2v) is 8.45. The summed E-state index contributed by atoms with van der Waals surface area (Å²) in [6, 6.07) is 8.50. The third-order valence-corrected chi connectivity index (χ3v) is 5.12. The summed E-state index contributed by atoms with van der Waals surface area (Å²) in [5, 5.41) is 7.73. The Morgan fingerprint density at radius 2 is 1.85 bits per heavy atom. The van der Waals surface area contributed by atoms with Crippen LogP contribution in [0.2, 0.25) is 0 Å². The number of hydrogen-bond acceptors (Lipinski definition) is 2. The fourth-order valence-electron chi connectivity index (χ4n) is 3.11. The summed E-state index contributed by atoms with van der Waals surface area (Å²) in [5.41, 5.74) is 4.41. The van der Waals surface area contributed by atoms with Gasteiger partial charge < -0.3 is 5.32 Å². The van der Waals surface area contributed by atoms with Gasteiger partial charge in [0.25, 0.3) is 0 Å². The predicted molar refractivity (Wildman–Crippen MR) is 110 cm³/mol. The number of benzene rings is 1. The first-order chi connectivity index (χ1) is 12.3. The lowest BCUT2D eigenvalue weighted by Crippen LogP contribution is -2.34. The van der Waals surface area contributed by atoms with Crippen LogP contribution in [0.1, 0.15) is 49.7 Å². The Morgan fingerprint density at radius 3 is 2.46 bits per heavy atom. The van der Waals surface area contributed by atoms with Gasteiger partial charge >= 0.3 is 0 Å². The quantitative estimate of drug-likeness (QED) is 0.679. The van der Waals surface area contributed by atoms with Gasteiger partial charge in [-0.15, -0.1) is 0 Å². The molecule has 2 rings (SSSR count). The van der Waals surface area contributed by atoms with Gasteiger partial charge in [-0.25, -0.2) is 0 Å². The number of amides is 1. The SMILES string of the molecule is Cc1nn(CC(C)C)c(C)c1CC(=O)NC(C)CCc1ccc(Br)cc1. The van der Waals surface area contributed by atoms with E-state index in [2.05, 4.69) is 78.3 Å². The summed E-state index contributed by atoms with van der Waals surface area (Å²) in [7, 11) is 0. The molecule has 0 spiro atoms. The second-order valence-electron chi connectivity index (χ2n) is 7.54. The standard InChI is InChI=1S/C21H30BrN3O/c1-14(2)13-25-17(5)20(16(4)24-25)12-21(26)23-15(3)6-7-18-8-10-19(22)11-9-18/h8-11,14-15H,6-7,12-13H2,1-5H3,(H,23,26). The monoisotopic (exact) mass is 419 g/mol. The molecule has 4 nitrogen and oxygen atoms in total. The van der Waals surface area contributed by atoms with E-state index in [0.717, 1.165) is 40.8 Å². The fraction of sp³-hybridized carbons (Fsp3) is 0.524. The molecular formula is C21H30BrN3O. The highest BCUT2D eigenvalue weighted by molar-refractivity contribution is 9.10. The van der Waals surface area contributed by atoms with E-state index in [4.69, 9.17) is 0 Å². The minimum Gasteiger partial charge on any atom is -0.353 e. The maximum absolute atomic E-state index is 12.5. The molecule has 1 N–H and O–H groups in total. The van der Waals surface area contributed by atoms with E-state index in [9.17, 15) is 4.79 Å². The molecule has 26 heavy (non-hydrogen) atoms. The zero-order valence-electron chi connectivity index (χ0n) is 16.5. The normalized spacial score (nSPS) is 12.4. The number of nitrogens with zero attached hydrogens (tertiary/aromatic N) is 2. The van der Waals surface area contributed by atoms with Crippen molar-refractivity contribution in [3.8, 4) is 0 Å². The molecule has 0 saturated carbocycles. The van der Waals surface area contributed by atoms with Crippen molar-refractivity contribution in [1.82, 2.24) is 15.1 Å². The smallest absolute Gasteiger partial charge is 0.224 e. The largest absolute Gasteiger partial charge is 0.353 e. The number of aryl methyl sites for hydroxylation is 2. The minimum absolute atomic E-state index is 0.0728. The van der Waals surface area contributed by atoms with Crippen molar-refractivity contribution in [1.29, 1.82) is 0 Å². The molecule has 0 saturated heterocycles. The van der Waals surface area contributed by atoms with Crippen molar-refractivity contribution in [2.45, 2.75) is 66.5 Å². The van der Waals surface area contributed by atoms with Gasteiger partial charge in [0, 0.05) is 28.3 Å². The average Bonchev–Trinajstić information content (AvgIpc) is 2.81. The number of rotatable bonds is 8. The first-order valence-corrected chi connectivity index (χ1v) is 10.1. The molecule has 0 radical (unpaired) electrons. The van der Waals surface area contributed by atoms with Crippen LogP contribution in [-0.4, -0.2) is 21.7 Å². The first-order valence-electron chi connectivity index (χ1n) is 9.33. The molecule has 0 fully saturated rings. The van der Waals surface area contributed by atoms with Crippen LogP contribution in [0.15, 0.2) is 28.7 Å². The molecule has 1 aromatic carbocycles. The third-order valence-electron chi connectivity index (χ3n) is 4.59. The van der Waals surface area contributed by atoms with Crippen molar-refractivity contribution in [2.24, 2.45) is 5.92 Å². The first kappa shape index (κ1) is 20.7. The Kier molecular flexibility index (Phi) is 7.44. The van der Waals surface area contributed by atoms with Crippen molar-refractivity contribution in [3.63, 3.8) is 0 Å². The van der Waals surface area contributed by atoms with Crippen LogP contribution >= 0.6 is 15.9 Å². The van der Waals surface area contributed by atoms with Gasteiger partial charge in [0.1, 0.15) is 0 Å². The highest BCUT2D eigenvalue weighted by Gasteiger charge is 2.16. The number of carbonyl (C=O) groups is 1. The van der Waals surface area contributed by atoms with Gasteiger partial charge in [0.05, 0.1) is 12.1 Å². The molecule has 0 bridgehead atoms. The van der Waals surface area contributed by atoms with Gasteiger partial charge in [-0.05, 0) is 57.2 Å². The number of aromatic nitrogens is 2. The summed E-state index contributed by atoms with van der Waals surface area (Å²) < 4.78 is 3.12. The van der Waals surface area contributed by atoms with Crippen LogP contribution in [0.3, 0.4) is 0 Å². The molecule has 1 aromatic heterocycles. The Hall–Kier alpha value is -1.62. The van der Waals surface area contributed by atoms with E-state index in [0.29, 0.717) is 12.3 Å². The average molecular weight is 420 g/mol. The lowest BCUT2D eigenvalue weighted by atomic mass is 10.1. The molecule has 5 heteroatoms. The summed E-state index contributed by atoms with van der Waals surface area (Å²) in [6.45, 7) is 11.4. The maximum Gasteiger partial charge on any atom is 0.224 e. The molecule has 0 aliphatic rings. The summed E-state index contributed by atoms with van der Waals surface area (Å²) >= 11 is 3.45. The van der Waals surface area contributed by atoms with Crippen LogP contribution in [0.4, 0.5) is 0 Å². The zero-order chi connectivity index (χ0) is 19.3. The Balaban J connectivity index is 1.87. The maximum atomic E-state index is 12.5. The van der Waals surface area contributed by atoms with Crippen LogP contribution < -0.4 is 5.32 Å². The molecule has 1 unspecified atom stereocenters. The number of nitrogens with one attached hydrogen (secondary N) is 1. The Morgan fingerprint density at radius 1 is 1.19 bits per heavy atom. The minimum atomic E-state index is 0.0728. The molecule has 1 amide bonds. The fourth-order valence-corrected chi connectivity index (χ4v) is 3.37. The van der Waals surface area contributed by atoms with E-state index >= 15 is 0 Å². The zero-order valence-corrected chi connectivity index (χ0v) is 18.1. The molecule has 1 atom stereocenters. The summed E-state index contributed by atoms with van der Waals surface area (Å²) in [6.07, 6.45) is 2.29. The van der Waals surface area contributed by atoms with E-state index in [1.165, 1.54) is 5.56 Å². The van der Waals surface area contributed by atoms with Crippen molar-refractivity contribution in [3.05, 3.63) is 51.3 Å². The van der Waals surface area contributed by atoms with Crippen LogP contribution in [0.5, 0.6) is 0 Å². The van der Waals surface area contributed by atoms with Gasteiger partial charge in [0.2, 0.25) is 5.91 Å². The molecular weight excluding hydrogens is 390 g/mol. The Bertz CT molecular complexity index is 734. The third kappa shape index (κ3) is 5.97. The number of carbonyl (C=O) groups excluding carboxylic acids is 1. The molecule has 2 aromatic rings. The number of hydrogen-bond donors (Lipinski definition) is 1. The molecule has 0 aliphatic carbocycles. The predicted octanol–water partition coefficient (Wildman–Crippen LogP) is 4.60. The van der Waals surface area contributed by atoms with Gasteiger partial charge in [0.15, 0.2) is 0 Å². The van der Waals surface area contributed by atoms with E-state index < -0.39 is 0 Å². The number of halogens is 1. The van der Waals surface area contributed by atoms with E-state index in [1.807, 2.05) is 11.6 Å². The van der Waals surface area contributed by atoms with Crippen molar-refractivity contribution in [2.75, 3.05) is 0 Å². The van der Waals surface area contributed by atoms with Crippen LogP contribution in [0.25, 0.3) is 0 Å². The summed E-state index contributed by atoms with van der Waals surface area (Å²) in [4.78, 5) is 12.5. The highest BCUT2D eigenvalue weighted by Crippen LogP contribution is 2.16. The van der Waals surface area contributed by atoms with Gasteiger partial charge in [-0.2, -0.15) is 5.10 Å². The molecule has 142 valence electrons. The van der Waals surface area contributed by atoms with Gasteiger partial charge in [-0.1, -0.05) is 41.9 Å².